The number of ether oxygens (including phenoxy) is 1. The first kappa shape index (κ1) is 14.9. The Morgan fingerprint density at radius 3 is 2.58 bits per heavy atom. The molecule has 100 valence electrons. The number of unbranched alkanes of at least 4 members (excludes halogenated alkanes) is 1. The molecule has 0 bridgehead atoms. The molecule has 19 heavy (non-hydrogen) atoms. The highest BCUT2D eigenvalue weighted by atomic mass is 16.5. The van der Waals surface area contributed by atoms with Crippen molar-refractivity contribution in [2.24, 2.45) is 0 Å². The van der Waals surface area contributed by atoms with Crippen molar-refractivity contribution >= 4 is 17.3 Å². The van der Waals surface area contributed by atoms with Crippen molar-refractivity contribution in [3.8, 4) is 0 Å². The Kier molecular flexibility index (Phi) is 6.27. The Morgan fingerprint density at radius 1 is 1.37 bits per heavy atom. The summed E-state index contributed by atoms with van der Waals surface area (Å²) in [5.74, 6) is -0.646. The maximum atomic E-state index is 11.4. The molecule has 0 atom stereocenters. The Labute approximate surface area is 113 Å². The number of allylic oxidation sites excluding steroid dienone is 1. The fourth-order valence-corrected chi connectivity index (χ4v) is 1.72. The molecule has 0 aromatic heterocycles. The molecule has 0 radical (unpaired) electrons. The highest BCUT2D eigenvalue weighted by Crippen LogP contribution is 2.20. The summed E-state index contributed by atoms with van der Waals surface area (Å²) < 4.78 is 4.57. The molecule has 1 aromatic rings. The lowest BCUT2D eigenvalue weighted by Gasteiger charge is -2.05. The summed E-state index contributed by atoms with van der Waals surface area (Å²) in [6.45, 7) is 2.10. The van der Waals surface area contributed by atoms with E-state index in [2.05, 4.69) is 16.5 Å². The Morgan fingerprint density at radius 2 is 2.05 bits per heavy atom. The minimum absolute atomic E-state index is 0.0857. The van der Waals surface area contributed by atoms with Crippen LogP contribution in [0.4, 0.5) is 0 Å². The maximum Gasteiger partial charge on any atom is 0.421 e. The molecule has 0 heterocycles. The molecule has 0 saturated heterocycles. The molecule has 1 aromatic carbocycles. The van der Waals surface area contributed by atoms with E-state index in [1.54, 1.807) is 6.08 Å². The molecule has 4 nitrogen and oxygen atoms in total. The van der Waals surface area contributed by atoms with E-state index in [1.165, 1.54) is 7.11 Å². The van der Waals surface area contributed by atoms with E-state index in [4.69, 9.17) is 5.53 Å². The second-order valence-corrected chi connectivity index (χ2v) is 4.12. The third-order valence-electron chi connectivity index (χ3n) is 2.76. The lowest BCUT2D eigenvalue weighted by Crippen LogP contribution is -2.14. The number of esters is 1. The molecule has 0 spiro atoms. The molecule has 0 aliphatic heterocycles. The van der Waals surface area contributed by atoms with Gasteiger partial charge in [0.2, 0.25) is 0 Å². The fourth-order valence-electron chi connectivity index (χ4n) is 1.72. The number of nitrogens with zero attached hydrogens (tertiary/aromatic N) is 2. The summed E-state index contributed by atoms with van der Waals surface area (Å²) in [6, 6.07) is 9.73. The lowest BCUT2D eigenvalue weighted by atomic mass is 9.99. The van der Waals surface area contributed by atoms with E-state index in [0.717, 1.165) is 30.4 Å². The smallest absolute Gasteiger partial charge is 0.421 e. The molecule has 0 unspecified atom stereocenters. The average Bonchev–Trinajstić information content (AvgIpc) is 2.47. The monoisotopic (exact) mass is 258 g/mol. The van der Waals surface area contributed by atoms with Gasteiger partial charge in [0, 0.05) is 6.08 Å². The molecule has 1 rings (SSSR count). The van der Waals surface area contributed by atoms with E-state index >= 15 is 0 Å². The van der Waals surface area contributed by atoms with Crippen LogP contribution in [0.2, 0.25) is 0 Å². The van der Waals surface area contributed by atoms with E-state index in [9.17, 15) is 4.79 Å². The van der Waals surface area contributed by atoms with Crippen LogP contribution in [0.15, 0.2) is 36.4 Å². The number of methoxy groups -OCH3 is 1. The molecule has 4 heteroatoms. The van der Waals surface area contributed by atoms with Gasteiger partial charge in [0.15, 0.2) is 0 Å². The second-order valence-electron chi connectivity index (χ2n) is 4.12. The van der Waals surface area contributed by atoms with E-state index in [-0.39, 0.29) is 5.71 Å². The number of hydrogen-bond donors (Lipinski definition) is 0. The number of benzene rings is 1. The van der Waals surface area contributed by atoms with Gasteiger partial charge in [-0.15, -0.1) is 0 Å². The predicted molar refractivity (Wildman–Crippen MR) is 74.6 cm³/mol. The molecule has 0 N–H and O–H groups in total. The largest absolute Gasteiger partial charge is 0.460 e. The van der Waals surface area contributed by atoms with Gasteiger partial charge in [-0.1, -0.05) is 43.7 Å². The summed E-state index contributed by atoms with van der Waals surface area (Å²) in [5, 5.41) is 0. The normalized spacial score (nSPS) is 10.7. The zero-order valence-electron chi connectivity index (χ0n) is 11.3. The van der Waals surface area contributed by atoms with Crippen molar-refractivity contribution in [1.29, 1.82) is 0 Å². The highest BCUT2D eigenvalue weighted by Gasteiger charge is 2.19. The molecule has 0 aliphatic carbocycles. The Balaban J connectivity index is 3.10. The summed E-state index contributed by atoms with van der Waals surface area (Å²) in [6.07, 6.45) is 4.45. The van der Waals surface area contributed by atoms with Crippen LogP contribution >= 0.6 is 0 Å². The van der Waals surface area contributed by atoms with Crippen LogP contribution in [0.1, 0.15) is 31.7 Å². The van der Waals surface area contributed by atoms with E-state index < -0.39 is 5.97 Å². The average molecular weight is 258 g/mol. The van der Waals surface area contributed by atoms with Gasteiger partial charge >= 0.3 is 11.7 Å². The van der Waals surface area contributed by atoms with Crippen molar-refractivity contribution in [3.05, 3.63) is 47.5 Å². The first-order valence-electron chi connectivity index (χ1n) is 6.29. The third-order valence-corrected chi connectivity index (χ3v) is 2.76. The topological polar surface area (TPSA) is 62.7 Å². The summed E-state index contributed by atoms with van der Waals surface area (Å²) in [4.78, 5) is 14.4. The lowest BCUT2D eigenvalue weighted by molar-refractivity contribution is -0.137. The summed E-state index contributed by atoms with van der Waals surface area (Å²) >= 11 is 0. The number of carbonyl (C=O) groups excluding carboxylic acids is 1. The zero-order chi connectivity index (χ0) is 14.1. The van der Waals surface area contributed by atoms with Gasteiger partial charge in [-0.25, -0.2) is 4.79 Å². The predicted octanol–water partition coefficient (Wildman–Crippen LogP) is 3.10. The van der Waals surface area contributed by atoms with Gasteiger partial charge in [0.05, 0.1) is 7.11 Å². The first-order valence-corrected chi connectivity index (χ1v) is 6.29. The third kappa shape index (κ3) is 4.53. The van der Waals surface area contributed by atoms with Crippen LogP contribution in [0.3, 0.4) is 0 Å². The van der Waals surface area contributed by atoms with E-state index in [1.807, 2.05) is 30.3 Å². The number of rotatable bonds is 6. The molecule has 0 amide bonds. The van der Waals surface area contributed by atoms with Crippen LogP contribution in [0.5, 0.6) is 0 Å². The Bertz CT molecular complexity index is 500. The van der Waals surface area contributed by atoms with Crippen molar-refractivity contribution in [2.75, 3.05) is 7.11 Å². The zero-order valence-corrected chi connectivity index (χ0v) is 11.3. The first-order chi connectivity index (χ1) is 9.22. The van der Waals surface area contributed by atoms with E-state index in [0.29, 0.717) is 0 Å². The molecule has 0 saturated carbocycles. The van der Waals surface area contributed by atoms with Crippen molar-refractivity contribution in [2.45, 2.75) is 26.2 Å². The SMILES string of the molecule is CCCC/C(=C\C(=[N+]=[N-])C(=O)OC)c1ccccc1. The summed E-state index contributed by atoms with van der Waals surface area (Å²) in [5.41, 5.74) is 10.8. The minimum Gasteiger partial charge on any atom is -0.460 e. The van der Waals surface area contributed by atoms with Crippen LogP contribution < -0.4 is 0 Å². The van der Waals surface area contributed by atoms with Crippen molar-refractivity contribution in [1.82, 2.24) is 0 Å². The van der Waals surface area contributed by atoms with Gasteiger partial charge in [-0.05, 0) is 24.0 Å². The molecular weight excluding hydrogens is 240 g/mol. The van der Waals surface area contributed by atoms with Crippen LogP contribution in [0.25, 0.3) is 11.1 Å². The van der Waals surface area contributed by atoms with Crippen molar-refractivity contribution < 1.29 is 14.3 Å². The van der Waals surface area contributed by atoms with Crippen LogP contribution in [0, 0.1) is 0 Å². The van der Waals surface area contributed by atoms with Crippen LogP contribution in [-0.2, 0) is 9.53 Å². The minimum atomic E-state index is -0.646. The number of carbonyl (C=O) groups is 1. The number of hydrogen-bond acceptors (Lipinski definition) is 2. The van der Waals surface area contributed by atoms with Gasteiger partial charge in [-0.2, -0.15) is 4.79 Å². The fraction of sp³-hybridized carbons (Fsp3) is 0.333. The van der Waals surface area contributed by atoms with Gasteiger partial charge in [0.1, 0.15) is 0 Å². The van der Waals surface area contributed by atoms with Crippen LogP contribution in [-0.4, -0.2) is 23.6 Å². The maximum absolute atomic E-state index is 11.4. The second kappa shape index (κ2) is 8.01. The quantitative estimate of drug-likeness (QED) is 0.340. The summed E-state index contributed by atoms with van der Waals surface area (Å²) in [7, 11) is 1.26. The van der Waals surface area contributed by atoms with Gasteiger partial charge in [-0.3, -0.25) is 0 Å². The molecular formula is C15H18N2O2. The van der Waals surface area contributed by atoms with Gasteiger partial charge in [0.25, 0.3) is 0 Å². The van der Waals surface area contributed by atoms with Gasteiger partial charge < -0.3 is 10.3 Å². The molecule has 0 aliphatic rings. The standard InChI is InChI=1S/C15H18N2O2/c1-3-4-8-13(12-9-6-5-7-10-12)11-14(17-16)15(18)19-2/h5-7,9-11H,3-4,8H2,1-2H3/b13-11+. The Hall–Kier alpha value is -2.19. The van der Waals surface area contributed by atoms with Crippen molar-refractivity contribution in [3.63, 3.8) is 0 Å². The highest BCUT2D eigenvalue weighted by molar-refractivity contribution is 6.39. The molecule has 0 fully saturated rings.